The van der Waals surface area contributed by atoms with Crippen LogP contribution in [0.2, 0.25) is 0 Å². The molecule has 0 spiro atoms. The van der Waals surface area contributed by atoms with E-state index in [1.807, 2.05) is 43.0 Å². The van der Waals surface area contributed by atoms with Crippen LogP contribution in [0.3, 0.4) is 0 Å². The molecule has 2 atom stereocenters. The van der Waals surface area contributed by atoms with E-state index in [0.29, 0.717) is 18.2 Å². The van der Waals surface area contributed by atoms with Gasteiger partial charge in [0, 0.05) is 23.6 Å². The van der Waals surface area contributed by atoms with Crippen molar-refractivity contribution < 1.29 is 4.79 Å². The second kappa shape index (κ2) is 8.29. The molecule has 1 aromatic carbocycles. The first kappa shape index (κ1) is 19.9. The van der Waals surface area contributed by atoms with Crippen LogP contribution in [0.4, 0.5) is 0 Å². The first-order valence-electron chi connectivity index (χ1n) is 8.20. The molecule has 1 saturated heterocycles. The number of rotatable bonds is 3. The first-order chi connectivity index (χ1) is 11.5. The maximum Gasteiger partial charge on any atom is 0.276 e. The van der Waals surface area contributed by atoms with Crippen molar-refractivity contribution in [3.05, 3.63) is 40.1 Å². The lowest BCUT2D eigenvalue weighted by Gasteiger charge is -2.34. The summed E-state index contributed by atoms with van der Waals surface area (Å²) >= 11 is 3.45. The molecule has 3 rings (SSSR count). The number of carbonyl (C=O) groups is 1. The van der Waals surface area contributed by atoms with E-state index >= 15 is 0 Å². The van der Waals surface area contributed by atoms with Gasteiger partial charge in [0.15, 0.2) is 5.69 Å². The Morgan fingerprint density at radius 2 is 2.20 bits per heavy atom. The minimum Gasteiger partial charge on any atom is -0.337 e. The van der Waals surface area contributed by atoms with Gasteiger partial charge in [0.05, 0.1) is 11.4 Å². The summed E-state index contributed by atoms with van der Waals surface area (Å²) in [5.41, 5.74) is 8.06. The standard InChI is InChI=1S/C17H22BrN5O.ClH/c1-11(19)13-5-4-8-22(10-13)17(24)16-12(2)23(21-20-16)15-7-3-6-14(18)9-15;/h3,6-7,9,11,13H,4-5,8,10,19H2,1-2H3;1H. The van der Waals surface area contributed by atoms with Crippen molar-refractivity contribution in [3.8, 4) is 5.69 Å². The molecule has 0 bridgehead atoms. The quantitative estimate of drug-likeness (QED) is 0.815. The number of halogens is 2. The minimum absolute atomic E-state index is 0. The minimum atomic E-state index is -0.0564. The lowest BCUT2D eigenvalue weighted by molar-refractivity contribution is 0.0654. The topological polar surface area (TPSA) is 77.0 Å². The molecule has 0 aliphatic carbocycles. The molecule has 1 aliphatic rings. The molecular weight excluding hydrogens is 406 g/mol. The second-order valence-electron chi connectivity index (χ2n) is 6.43. The number of nitrogens with two attached hydrogens (primary N) is 1. The normalized spacial score (nSPS) is 18.6. The Morgan fingerprint density at radius 3 is 2.88 bits per heavy atom. The first-order valence-corrected chi connectivity index (χ1v) is 8.99. The van der Waals surface area contributed by atoms with E-state index in [-0.39, 0.29) is 24.4 Å². The van der Waals surface area contributed by atoms with E-state index in [4.69, 9.17) is 5.73 Å². The van der Waals surface area contributed by atoms with E-state index in [2.05, 4.69) is 26.2 Å². The number of piperidine rings is 1. The highest BCUT2D eigenvalue weighted by molar-refractivity contribution is 9.10. The lowest BCUT2D eigenvalue weighted by atomic mass is 9.92. The summed E-state index contributed by atoms with van der Waals surface area (Å²) in [6.07, 6.45) is 2.06. The summed E-state index contributed by atoms with van der Waals surface area (Å²) in [7, 11) is 0. The monoisotopic (exact) mass is 427 g/mol. The number of nitrogens with zero attached hydrogens (tertiary/aromatic N) is 4. The molecular formula is C17H23BrClN5O. The Morgan fingerprint density at radius 1 is 1.44 bits per heavy atom. The zero-order valence-corrected chi connectivity index (χ0v) is 16.8. The van der Waals surface area contributed by atoms with Crippen molar-refractivity contribution in [2.45, 2.75) is 32.7 Å². The van der Waals surface area contributed by atoms with Gasteiger partial charge in [-0.2, -0.15) is 0 Å². The number of carbonyl (C=O) groups excluding carboxylic acids is 1. The van der Waals surface area contributed by atoms with E-state index in [0.717, 1.165) is 35.2 Å². The fourth-order valence-electron chi connectivity index (χ4n) is 3.15. The van der Waals surface area contributed by atoms with Gasteiger partial charge in [-0.25, -0.2) is 4.68 Å². The van der Waals surface area contributed by atoms with Crippen molar-refractivity contribution in [3.63, 3.8) is 0 Å². The van der Waals surface area contributed by atoms with Crippen molar-refractivity contribution in [2.75, 3.05) is 13.1 Å². The van der Waals surface area contributed by atoms with Crippen LogP contribution in [0.15, 0.2) is 28.7 Å². The van der Waals surface area contributed by atoms with Crippen LogP contribution in [0.5, 0.6) is 0 Å². The average molecular weight is 429 g/mol. The number of hydrogen-bond acceptors (Lipinski definition) is 4. The molecule has 2 unspecified atom stereocenters. The highest BCUT2D eigenvalue weighted by Gasteiger charge is 2.29. The Kier molecular flexibility index (Phi) is 6.59. The van der Waals surface area contributed by atoms with Crippen LogP contribution in [0.25, 0.3) is 5.69 Å². The fraction of sp³-hybridized carbons (Fsp3) is 0.471. The maximum atomic E-state index is 12.9. The molecule has 1 aliphatic heterocycles. The van der Waals surface area contributed by atoms with Crippen LogP contribution < -0.4 is 5.73 Å². The third-order valence-corrected chi connectivity index (χ3v) is 5.13. The number of hydrogen-bond donors (Lipinski definition) is 1. The second-order valence-corrected chi connectivity index (χ2v) is 7.34. The van der Waals surface area contributed by atoms with Gasteiger partial charge in [0.2, 0.25) is 0 Å². The smallest absolute Gasteiger partial charge is 0.276 e. The highest BCUT2D eigenvalue weighted by atomic mass is 79.9. The Bertz CT molecular complexity index is 748. The summed E-state index contributed by atoms with van der Waals surface area (Å²) in [6.45, 7) is 5.33. The van der Waals surface area contributed by atoms with E-state index in [1.54, 1.807) is 4.68 Å². The van der Waals surface area contributed by atoms with Crippen molar-refractivity contribution in [2.24, 2.45) is 11.7 Å². The van der Waals surface area contributed by atoms with Crippen LogP contribution in [-0.2, 0) is 0 Å². The molecule has 2 N–H and O–H groups in total. The van der Waals surface area contributed by atoms with Gasteiger partial charge >= 0.3 is 0 Å². The summed E-state index contributed by atoms with van der Waals surface area (Å²) < 4.78 is 2.66. The molecule has 0 radical (unpaired) electrons. The predicted molar refractivity (Wildman–Crippen MR) is 103 cm³/mol. The molecule has 8 heteroatoms. The number of aromatic nitrogens is 3. The maximum absolute atomic E-state index is 12.9. The Balaban J connectivity index is 0.00000225. The zero-order chi connectivity index (χ0) is 17.3. The Labute approximate surface area is 162 Å². The third-order valence-electron chi connectivity index (χ3n) is 4.64. The number of likely N-dealkylation sites (tertiary alicyclic amines) is 1. The van der Waals surface area contributed by atoms with E-state index in [9.17, 15) is 4.79 Å². The molecule has 1 aromatic heterocycles. The van der Waals surface area contributed by atoms with Crippen LogP contribution in [-0.4, -0.2) is 44.9 Å². The zero-order valence-electron chi connectivity index (χ0n) is 14.4. The van der Waals surface area contributed by atoms with Gasteiger partial charge in [-0.1, -0.05) is 27.2 Å². The number of amides is 1. The summed E-state index contributed by atoms with van der Waals surface area (Å²) in [5.74, 6) is 0.294. The third kappa shape index (κ3) is 4.22. The summed E-state index contributed by atoms with van der Waals surface area (Å²) in [5, 5.41) is 8.31. The van der Waals surface area contributed by atoms with E-state index in [1.165, 1.54) is 0 Å². The largest absolute Gasteiger partial charge is 0.337 e. The molecule has 0 saturated carbocycles. The molecule has 136 valence electrons. The van der Waals surface area contributed by atoms with Crippen LogP contribution in [0, 0.1) is 12.8 Å². The molecule has 1 amide bonds. The van der Waals surface area contributed by atoms with Crippen molar-refractivity contribution in [1.82, 2.24) is 19.9 Å². The van der Waals surface area contributed by atoms with Gasteiger partial charge in [0.1, 0.15) is 0 Å². The van der Waals surface area contributed by atoms with Crippen molar-refractivity contribution in [1.29, 1.82) is 0 Å². The van der Waals surface area contributed by atoms with E-state index < -0.39 is 0 Å². The highest BCUT2D eigenvalue weighted by Crippen LogP contribution is 2.22. The number of benzene rings is 1. The lowest BCUT2D eigenvalue weighted by Crippen LogP contribution is -2.45. The average Bonchev–Trinajstić information content (AvgIpc) is 2.96. The van der Waals surface area contributed by atoms with Gasteiger partial charge in [-0.3, -0.25) is 4.79 Å². The predicted octanol–water partition coefficient (Wildman–Crippen LogP) is 2.96. The Hall–Kier alpha value is -1.44. The molecule has 25 heavy (non-hydrogen) atoms. The van der Waals surface area contributed by atoms with Gasteiger partial charge in [0.25, 0.3) is 5.91 Å². The summed E-state index contributed by atoms with van der Waals surface area (Å²) in [4.78, 5) is 14.7. The SMILES string of the molecule is Cc1c(C(=O)N2CCCC(C(C)N)C2)nnn1-c1cccc(Br)c1.Cl. The molecule has 2 aromatic rings. The molecule has 6 nitrogen and oxygen atoms in total. The van der Waals surface area contributed by atoms with Gasteiger partial charge < -0.3 is 10.6 Å². The van der Waals surface area contributed by atoms with Gasteiger partial charge in [-0.05, 0) is 50.8 Å². The van der Waals surface area contributed by atoms with Crippen LogP contribution >= 0.6 is 28.3 Å². The van der Waals surface area contributed by atoms with Crippen LogP contribution in [0.1, 0.15) is 35.9 Å². The van der Waals surface area contributed by atoms with Crippen molar-refractivity contribution >= 4 is 34.2 Å². The summed E-state index contributed by atoms with van der Waals surface area (Å²) in [6, 6.07) is 7.86. The molecule has 1 fully saturated rings. The van der Waals surface area contributed by atoms with Gasteiger partial charge in [-0.15, -0.1) is 17.5 Å². The molecule has 2 heterocycles. The fourth-order valence-corrected chi connectivity index (χ4v) is 3.54.